The molecule has 1 aromatic heterocycles. The predicted molar refractivity (Wildman–Crippen MR) is 79.6 cm³/mol. The van der Waals surface area contributed by atoms with E-state index in [1.165, 1.54) is 31.5 Å². The van der Waals surface area contributed by atoms with E-state index in [1.54, 1.807) is 7.11 Å². The Hall–Kier alpha value is -2.19. The molecule has 126 valence electrons. The lowest BCUT2D eigenvalue weighted by molar-refractivity contribution is -0.159. The van der Waals surface area contributed by atoms with Gasteiger partial charge in [-0.3, -0.25) is 4.90 Å². The Kier molecular flexibility index (Phi) is 5.89. The molecular weight excluding hydrogens is 304 g/mol. The molecule has 23 heavy (non-hydrogen) atoms. The molecule has 0 radical (unpaired) electrons. The normalized spacial score (nSPS) is 24.1. The number of nitrogens with zero attached hydrogens (tertiary/aromatic N) is 2. The molecule has 3 aliphatic heterocycles. The minimum Gasteiger partial charge on any atom is -0.473 e. The summed E-state index contributed by atoms with van der Waals surface area (Å²) in [5, 5.41) is 18.8. The monoisotopic (exact) mass is 324 g/mol. The van der Waals surface area contributed by atoms with Crippen molar-refractivity contribution < 1.29 is 29.1 Å². The first kappa shape index (κ1) is 17.2. The summed E-state index contributed by atoms with van der Waals surface area (Å²) in [5.74, 6) is -2.03. The smallest absolute Gasteiger partial charge is 0.414 e. The van der Waals surface area contributed by atoms with Gasteiger partial charge in [0, 0.05) is 19.7 Å². The average Bonchev–Trinajstić information content (AvgIpc) is 2.96. The Bertz CT molecular complexity index is 575. The molecule has 8 heteroatoms. The van der Waals surface area contributed by atoms with Crippen molar-refractivity contribution in [2.45, 2.75) is 19.4 Å². The summed E-state index contributed by atoms with van der Waals surface area (Å²) >= 11 is 0. The molecule has 1 aromatic rings. The molecule has 0 amide bonds. The summed E-state index contributed by atoms with van der Waals surface area (Å²) in [4.78, 5) is 20.7. The fraction of sp³-hybridized carbons (Fsp3) is 0.533. The fourth-order valence-electron chi connectivity index (χ4n) is 2.81. The van der Waals surface area contributed by atoms with Crippen LogP contribution < -0.4 is 0 Å². The standard InChI is InChI=1S/C13H18N2O2.C2H2O4/c1-16-9-12-7-13(17-14-12)6-11-8-15-4-2-10(11)3-5-15;3-1(4)2(5)6/h6-7,10H,2-5,8-9H2,1H3;(H,3,4)(H,5,6)/b11-6-;. The van der Waals surface area contributed by atoms with Crippen LogP contribution in [0.2, 0.25) is 0 Å². The Morgan fingerprint density at radius 1 is 1.39 bits per heavy atom. The van der Waals surface area contributed by atoms with E-state index in [4.69, 9.17) is 29.1 Å². The number of carboxylic acids is 2. The van der Waals surface area contributed by atoms with Crippen molar-refractivity contribution in [2.75, 3.05) is 26.7 Å². The first-order valence-corrected chi connectivity index (χ1v) is 7.33. The molecule has 3 fully saturated rings. The number of aliphatic carboxylic acids is 2. The highest BCUT2D eigenvalue weighted by atomic mass is 16.5. The Labute approximate surface area is 133 Å². The maximum Gasteiger partial charge on any atom is 0.414 e. The van der Waals surface area contributed by atoms with Gasteiger partial charge in [-0.05, 0) is 43.5 Å². The second-order valence-electron chi connectivity index (χ2n) is 5.53. The fourth-order valence-corrected chi connectivity index (χ4v) is 2.81. The highest BCUT2D eigenvalue weighted by Gasteiger charge is 2.29. The van der Waals surface area contributed by atoms with Crippen molar-refractivity contribution in [3.8, 4) is 0 Å². The number of piperidine rings is 3. The minimum absolute atomic E-state index is 0.516. The topological polar surface area (TPSA) is 113 Å². The van der Waals surface area contributed by atoms with Crippen molar-refractivity contribution in [1.29, 1.82) is 0 Å². The van der Waals surface area contributed by atoms with Gasteiger partial charge in [-0.25, -0.2) is 9.59 Å². The van der Waals surface area contributed by atoms with Crippen LogP contribution in [0.25, 0.3) is 6.08 Å². The number of hydrogen-bond acceptors (Lipinski definition) is 6. The van der Waals surface area contributed by atoms with E-state index in [0.717, 1.165) is 23.9 Å². The van der Waals surface area contributed by atoms with E-state index in [1.807, 2.05) is 6.07 Å². The highest BCUT2D eigenvalue weighted by Crippen LogP contribution is 2.32. The number of ether oxygens (including phenoxy) is 1. The third-order valence-corrected chi connectivity index (χ3v) is 3.90. The van der Waals surface area contributed by atoms with Crippen molar-refractivity contribution >= 4 is 18.0 Å². The maximum atomic E-state index is 9.10. The summed E-state index contributed by atoms with van der Waals surface area (Å²) in [5.41, 5.74) is 2.36. The van der Waals surface area contributed by atoms with Crippen LogP contribution in [0.3, 0.4) is 0 Å². The van der Waals surface area contributed by atoms with Crippen LogP contribution in [0.15, 0.2) is 16.2 Å². The number of carboxylic acid groups (broad SMARTS) is 2. The molecule has 4 heterocycles. The van der Waals surface area contributed by atoms with E-state index in [2.05, 4.69) is 16.1 Å². The summed E-state index contributed by atoms with van der Waals surface area (Å²) < 4.78 is 10.3. The number of carbonyl (C=O) groups is 2. The third-order valence-electron chi connectivity index (χ3n) is 3.90. The highest BCUT2D eigenvalue weighted by molar-refractivity contribution is 6.27. The zero-order valence-corrected chi connectivity index (χ0v) is 12.9. The number of fused-ring (bicyclic) bond motifs is 3. The van der Waals surface area contributed by atoms with Crippen molar-refractivity contribution in [2.24, 2.45) is 5.92 Å². The van der Waals surface area contributed by atoms with Gasteiger partial charge in [-0.2, -0.15) is 0 Å². The Morgan fingerprint density at radius 3 is 2.52 bits per heavy atom. The summed E-state index contributed by atoms with van der Waals surface area (Å²) in [6.07, 6.45) is 4.76. The van der Waals surface area contributed by atoms with Crippen molar-refractivity contribution in [1.82, 2.24) is 10.1 Å². The number of aromatic nitrogens is 1. The van der Waals surface area contributed by atoms with Crippen LogP contribution in [0.5, 0.6) is 0 Å². The van der Waals surface area contributed by atoms with E-state index in [0.29, 0.717) is 6.61 Å². The minimum atomic E-state index is -1.82. The van der Waals surface area contributed by atoms with E-state index in [-0.39, 0.29) is 0 Å². The molecule has 2 bridgehead atoms. The van der Waals surface area contributed by atoms with E-state index in [9.17, 15) is 0 Å². The molecule has 0 spiro atoms. The molecule has 0 unspecified atom stereocenters. The first-order chi connectivity index (χ1) is 11.0. The van der Waals surface area contributed by atoms with Gasteiger partial charge in [0.1, 0.15) is 5.69 Å². The summed E-state index contributed by atoms with van der Waals surface area (Å²) in [6, 6.07) is 1.97. The lowest BCUT2D eigenvalue weighted by Gasteiger charge is -2.40. The number of rotatable bonds is 3. The van der Waals surface area contributed by atoms with Crippen LogP contribution >= 0.6 is 0 Å². The molecule has 2 N–H and O–H groups in total. The first-order valence-electron chi connectivity index (χ1n) is 7.33. The van der Waals surface area contributed by atoms with Crippen LogP contribution in [-0.4, -0.2) is 59.0 Å². The van der Waals surface area contributed by atoms with Crippen LogP contribution in [0.4, 0.5) is 0 Å². The van der Waals surface area contributed by atoms with E-state index < -0.39 is 11.9 Å². The van der Waals surface area contributed by atoms with E-state index >= 15 is 0 Å². The van der Waals surface area contributed by atoms with Crippen molar-refractivity contribution in [3.05, 3.63) is 23.1 Å². The van der Waals surface area contributed by atoms with Gasteiger partial charge < -0.3 is 19.5 Å². The van der Waals surface area contributed by atoms with Gasteiger partial charge in [0.05, 0.1) is 6.61 Å². The largest absolute Gasteiger partial charge is 0.473 e. The van der Waals surface area contributed by atoms with Crippen LogP contribution in [0.1, 0.15) is 24.3 Å². The molecule has 4 rings (SSSR count). The van der Waals surface area contributed by atoms with Gasteiger partial charge in [-0.1, -0.05) is 5.16 Å². The van der Waals surface area contributed by atoms with Gasteiger partial charge >= 0.3 is 11.9 Å². The second-order valence-corrected chi connectivity index (χ2v) is 5.53. The van der Waals surface area contributed by atoms with Gasteiger partial charge in [0.2, 0.25) is 0 Å². The number of hydrogen-bond donors (Lipinski definition) is 2. The summed E-state index contributed by atoms with van der Waals surface area (Å²) in [7, 11) is 1.67. The molecule has 0 saturated carbocycles. The SMILES string of the molecule is COCc1cc(/C=C2/CN3CCC2CC3)on1.O=C(O)C(=O)O. The van der Waals surface area contributed by atoms with Crippen LogP contribution in [0, 0.1) is 5.92 Å². The molecule has 3 saturated heterocycles. The molecule has 3 aliphatic rings. The Balaban J connectivity index is 0.000000277. The van der Waals surface area contributed by atoms with Gasteiger partial charge in [0.25, 0.3) is 0 Å². The van der Waals surface area contributed by atoms with Gasteiger partial charge in [-0.15, -0.1) is 0 Å². The third kappa shape index (κ3) is 4.90. The van der Waals surface area contributed by atoms with Crippen LogP contribution in [-0.2, 0) is 20.9 Å². The predicted octanol–water partition coefficient (Wildman–Crippen LogP) is 1.09. The molecular formula is C15H20N2O6. The lowest BCUT2D eigenvalue weighted by Crippen LogP contribution is -2.42. The van der Waals surface area contributed by atoms with Gasteiger partial charge in [0.15, 0.2) is 5.76 Å². The molecule has 0 aromatic carbocycles. The second kappa shape index (κ2) is 7.89. The van der Waals surface area contributed by atoms with Crippen molar-refractivity contribution in [3.63, 3.8) is 0 Å². The number of methoxy groups -OCH3 is 1. The molecule has 8 nitrogen and oxygen atoms in total. The quantitative estimate of drug-likeness (QED) is 0.794. The molecule has 0 aliphatic carbocycles. The maximum absolute atomic E-state index is 9.10. The summed E-state index contributed by atoms with van der Waals surface area (Å²) in [6.45, 7) is 4.13. The zero-order chi connectivity index (χ0) is 16.8. The Morgan fingerprint density at radius 2 is 2.04 bits per heavy atom. The average molecular weight is 324 g/mol. The zero-order valence-electron chi connectivity index (χ0n) is 12.9. The molecule has 0 atom stereocenters. The lowest BCUT2D eigenvalue weighted by atomic mass is 9.83.